The van der Waals surface area contributed by atoms with E-state index in [1.165, 1.54) is 0 Å². The molecule has 2 amide bonds. The molecule has 3 aromatic carbocycles. The smallest absolute Gasteiger partial charge is 0.307 e. The Morgan fingerprint density at radius 1 is 0.800 bits per heavy atom. The third kappa shape index (κ3) is 4.71. The molecule has 0 atom stereocenters. The number of anilines is 1. The third-order valence-corrected chi connectivity index (χ3v) is 5.99. The van der Waals surface area contributed by atoms with E-state index in [9.17, 15) is 14.4 Å². The number of hydrogen-bond acceptors (Lipinski definition) is 5. The van der Waals surface area contributed by atoms with Gasteiger partial charge in [0.25, 0.3) is 11.8 Å². The lowest BCUT2D eigenvalue weighted by Crippen LogP contribution is -2.29. The predicted molar refractivity (Wildman–Crippen MR) is 134 cm³/mol. The highest BCUT2D eigenvalue weighted by Gasteiger charge is 2.43. The number of carbonyl (C=O) groups is 3. The predicted octanol–water partition coefficient (Wildman–Crippen LogP) is 5.63. The van der Waals surface area contributed by atoms with E-state index in [4.69, 9.17) is 14.6 Å². The van der Waals surface area contributed by atoms with Crippen molar-refractivity contribution in [3.63, 3.8) is 0 Å². The van der Waals surface area contributed by atoms with Crippen molar-refractivity contribution >= 4 is 34.2 Å². The van der Waals surface area contributed by atoms with Crippen LogP contribution in [0.2, 0.25) is 0 Å². The van der Waals surface area contributed by atoms with Crippen LogP contribution in [-0.2, 0) is 11.2 Å². The summed E-state index contributed by atoms with van der Waals surface area (Å²) in [6, 6.07) is 13.9. The highest BCUT2D eigenvalue weighted by atomic mass is 16.5. The number of amides is 2. The van der Waals surface area contributed by atoms with Crippen molar-refractivity contribution in [2.24, 2.45) is 0 Å². The van der Waals surface area contributed by atoms with Crippen molar-refractivity contribution in [1.29, 1.82) is 0 Å². The lowest BCUT2D eigenvalue weighted by Gasteiger charge is -2.17. The van der Waals surface area contributed by atoms with Crippen LogP contribution in [-0.4, -0.2) is 36.1 Å². The van der Waals surface area contributed by atoms with Crippen LogP contribution < -0.4 is 14.4 Å². The molecule has 0 spiro atoms. The first-order valence-electron chi connectivity index (χ1n) is 12.0. The first-order valence-corrected chi connectivity index (χ1v) is 12.0. The number of hydrogen-bond donors (Lipinski definition) is 1. The summed E-state index contributed by atoms with van der Waals surface area (Å²) in [5.74, 6) is -1.11. The van der Waals surface area contributed by atoms with Gasteiger partial charge in [0.05, 0.1) is 36.4 Å². The molecule has 0 aliphatic carbocycles. The molecule has 3 aromatic rings. The monoisotopic (exact) mass is 475 g/mol. The second-order valence-corrected chi connectivity index (χ2v) is 8.54. The third-order valence-electron chi connectivity index (χ3n) is 5.99. The molecule has 1 aliphatic heterocycles. The largest absolute Gasteiger partial charge is 0.492 e. The van der Waals surface area contributed by atoms with Crippen LogP contribution in [0.3, 0.4) is 0 Å². The lowest BCUT2D eigenvalue weighted by atomic mass is 9.99. The molecule has 0 aromatic heterocycles. The standard InChI is InChI=1S/C28H29NO6/c1-3-5-15-34-25-20-9-7-8-10-21(20)26(35-16-6-4-2)24-23(25)27(32)29(28(24)33)19-13-11-18(12-14-19)17-22(30)31/h7-14H,3-6,15-17H2,1-2H3,(H,30,31). The van der Waals surface area contributed by atoms with Gasteiger partial charge in [-0.3, -0.25) is 14.4 Å². The fourth-order valence-electron chi connectivity index (χ4n) is 4.21. The second-order valence-electron chi connectivity index (χ2n) is 8.54. The topological polar surface area (TPSA) is 93.1 Å². The van der Waals surface area contributed by atoms with Crippen LogP contribution in [0.25, 0.3) is 10.8 Å². The normalized spacial score (nSPS) is 12.8. The zero-order valence-electron chi connectivity index (χ0n) is 20.0. The van der Waals surface area contributed by atoms with E-state index in [0.29, 0.717) is 36.0 Å². The number of fused-ring (bicyclic) bond motifs is 2. The van der Waals surface area contributed by atoms with Crippen LogP contribution in [0.15, 0.2) is 48.5 Å². The number of carboxylic acid groups (broad SMARTS) is 1. The number of imide groups is 1. The zero-order valence-corrected chi connectivity index (χ0v) is 20.0. The maximum atomic E-state index is 13.7. The lowest BCUT2D eigenvalue weighted by molar-refractivity contribution is -0.136. The van der Waals surface area contributed by atoms with Crippen molar-refractivity contribution < 1.29 is 29.0 Å². The van der Waals surface area contributed by atoms with Crippen LogP contribution in [0, 0.1) is 0 Å². The molecule has 0 saturated carbocycles. The summed E-state index contributed by atoms with van der Waals surface area (Å²) in [6.07, 6.45) is 3.35. The van der Waals surface area contributed by atoms with Crippen LogP contribution >= 0.6 is 0 Å². The van der Waals surface area contributed by atoms with Gasteiger partial charge in [-0.1, -0.05) is 63.1 Å². The summed E-state index contributed by atoms with van der Waals surface area (Å²) in [7, 11) is 0. The summed E-state index contributed by atoms with van der Waals surface area (Å²) in [5, 5.41) is 10.5. The Hall–Kier alpha value is -3.87. The molecule has 1 heterocycles. The zero-order chi connectivity index (χ0) is 24.9. The Kier molecular flexibility index (Phi) is 7.34. The molecule has 1 N–H and O–H groups in total. The number of ether oxygens (including phenoxy) is 2. The summed E-state index contributed by atoms with van der Waals surface area (Å²) >= 11 is 0. The maximum absolute atomic E-state index is 13.7. The van der Waals surface area contributed by atoms with Gasteiger partial charge in [0.1, 0.15) is 11.5 Å². The molecule has 7 heteroatoms. The van der Waals surface area contributed by atoms with E-state index in [2.05, 4.69) is 13.8 Å². The van der Waals surface area contributed by atoms with Gasteiger partial charge in [-0.25, -0.2) is 4.90 Å². The van der Waals surface area contributed by atoms with E-state index >= 15 is 0 Å². The Labute approximate surface area is 204 Å². The summed E-state index contributed by atoms with van der Waals surface area (Å²) in [4.78, 5) is 39.6. The molecule has 0 bridgehead atoms. The number of unbranched alkanes of at least 4 members (excludes halogenated alkanes) is 2. The van der Waals surface area contributed by atoms with E-state index in [0.717, 1.165) is 41.4 Å². The fraction of sp³-hybridized carbons (Fsp3) is 0.321. The van der Waals surface area contributed by atoms with Gasteiger partial charge in [0.15, 0.2) is 0 Å². The van der Waals surface area contributed by atoms with Gasteiger partial charge < -0.3 is 14.6 Å². The van der Waals surface area contributed by atoms with Gasteiger partial charge in [0.2, 0.25) is 0 Å². The highest BCUT2D eigenvalue weighted by Crippen LogP contribution is 2.46. The fourth-order valence-corrected chi connectivity index (χ4v) is 4.21. The van der Waals surface area contributed by atoms with Crippen molar-refractivity contribution in [1.82, 2.24) is 0 Å². The highest BCUT2D eigenvalue weighted by molar-refractivity contribution is 6.38. The number of carboxylic acids is 1. The van der Waals surface area contributed by atoms with Gasteiger partial charge in [-0.2, -0.15) is 0 Å². The molecule has 4 rings (SSSR count). The summed E-state index contributed by atoms with van der Waals surface area (Å²) < 4.78 is 12.3. The minimum absolute atomic E-state index is 0.140. The van der Waals surface area contributed by atoms with Crippen molar-refractivity contribution in [3.05, 3.63) is 65.2 Å². The average Bonchev–Trinajstić information content (AvgIpc) is 3.10. The van der Waals surface area contributed by atoms with Gasteiger partial charge in [0, 0.05) is 10.8 Å². The molecular formula is C28H29NO6. The van der Waals surface area contributed by atoms with E-state index in [-0.39, 0.29) is 17.5 Å². The molecule has 0 radical (unpaired) electrons. The first kappa shape index (κ1) is 24.3. The minimum Gasteiger partial charge on any atom is -0.492 e. The molecule has 0 fully saturated rings. The second kappa shape index (κ2) is 10.6. The summed E-state index contributed by atoms with van der Waals surface area (Å²) in [6.45, 7) is 4.96. The van der Waals surface area contributed by atoms with Crippen molar-refractivity contribution in [2.75, 3.05) is 18.1 Å². The molecule has 35 heavy (non-hydrogen) atoms. The minimum atomic E-state index is -0.951. The molecule has 182 valence electrons. The van der Waals surface area contributed by atoms with E-state index < -0.39 is 17.8 Å². The first-order chi connectivity index (χ1) is 17.0. The van der Waals surface area contributed by atoms with Crippen LogP contribution in [0.4, 0.5) is 5.69 Å². The Morgan fingerprint density at radius 2 is 1.29 bits per heavy atom. The maximum Gasteiger partial charge on any atom is 0.307 e. The molecule has 0 saturated heterocycles. The van der Waals surface area contributed by atoms with Crippen molar-refractivity contribution in [2.45, 2.75) is 46.0 Å². The Morgan fingerprint density at radius 3 is 1.71 bits per heavy atom. The van der Waals surface area contributed by atoms with Crippen LogP contribution in [0.5, 0.6) is 11.5 Å². The number of nitrogens with zero attached hydrogens (tertiary/aromatic N) is 1. The molecule has 0 unspecified atom stereocenters. The number of carbonyl (C=O) groups excluding carboxylic acids is 2. The Balaban J connectivity index is 1.85. The Bertz CT molecular complexity index is 1200. The number of benzene rings is 3. The molecule has 7 nitrogen and oxygen atoms in total. The number of rotatable bonds is 11. The quantitative estimate of drug-likeness (QED) is 0.286. The SMILES string of the molecule is CCCCOc1c2c(c(OCCCC)c3ccccc13)C(=O)N(c1ccc(CC(=O)O)cc1)C2=O. The summed E-state index contributed by atoms with van der Waals surface area (Å²) in [5.41, 5.74) is 1.38. The molecule has 1 aliphatic rings. The molecular weight excluding hydrogens is 446 g/mol. The van der Waals surface area contributed by atoms with Gasteiger partial charge in [-0.15, -0.1) is 0 Å². The van der Waals surface area contributed by atoms with E-state index in [1.54, 1.807) is 24.3 Å². The van der Waals surface area contributed by atoms with Gasteiger partial charge >= 0.3 is 5.97 Å². The number of aliphatic carboxylic acids is 1. The average molecular weight is 476 g/mol. The van der Waals surface area contributed by atoms with Crippen molar-refractivity contribution in [3.8, 4) is 11.5 Å². The van der Waals surface area contributed by atoms with Gasteiger partial charge in [-0.05, 0) is 30.5 Å². The van der Waals surface area contributed by atoms with Crippen LogP contribution in [0.1, 0.15) is 65.8 Å². The van der Waals surface area contributed by atoms with E-state index in [1.807, 2.05) is 24.3 Å².